The average molecular weight is 364 g/mol. The minimum atomic E-state index is -2.51. The van der Waals surface area contributed by atoms with Crippen molar-refractivity contribution in [2.75, 3.05) is 12.3 Å². The second kappa shape index (κ2) is 4.73. The molecule has 3 heterocycles. The van der Waals surface area contributed by atoms with E-state index in [1.165, 1.54) is 0 Å². The summed E-state index contributed by atoms with van der Waals surface area (Å²) in [5.41, 5.74) is 4.57. The van der Waals surface area contributed by atoms with Crippen LogP contribution in [0.15, 0.2) is 9.53 Å². The number of anilines is 1. The first-order valence-electron chi connectivity index (χ1n) is 5.95. The van der Waals surface area contributed by atoms with Crippen molar-refractivity contribution in [2.45, 2.75) is 24.6 Å². The Morgan fingerprint density at radius 2 is 2.33 bits per heavy atom. The lowest BCUT2D eigenvalue weighted by Gasteiger charge is -2.22. The van der Waals surface area contributed by atoms with Crippen LogP contribution in [0.25, 0.3) is 11.2 Å². The molecular formula is C10H11BrFN5O4. The van der Waals surface area contributed by atoms with Crippen molar-refractivity contribution < 1.29 is 19.3 Å². The van der Waals surface area contributed by atoms with Crippen molar-refractivity contribution >= 4 is 33.0 Å². The van der Waals surface area contributed by atoms with Crippen LogP contribution >= 0.6 is 15.9 Å². The summed E-state index contributed by atoms with van der Waals surface area (Å²) in [7, 11) is 0. The molecule has 0 unspecified atom stereocenters. The number of halogens is 2. The molecule has 0 saturated carbocycles. The van der Waals surface area contributed by atoms with Gasteiger partial charge in [0.05, 0.1) is 19.1 Å². The lowest BCUT2D eigenvalue weighted by atomic mass is 10.2. The highest BCUT2D eigenvalue weighted by Gasteiger charge is 2.50. The highest BCUT2D eigenvalue weighted by Crippen LogP contribution is 2.40. The summed E-state index contributed by atoms with van der Waals surface area (Å²) in [6.07, 6.45) is -2.74. The van der Waals surface area contributed by atoms with Gasteiger partial charge >= 0.3 is 0 Å². The lowest BCUT2D eigenvalue weighted by molar-refractivity contribution is -0.201. The smallest absolute Gasteiger partial charge is 0.299 e. The quantitative estimate of drug-likeness (QED) is 0.511. The van der Waals surface area contributed by atoms with E-state index in [0.717, 1.165) is 4.57 Å². The number of fused-ring (bicyclic) bond motifs is 1. The number of nitrogens with two attached hydrogens (primary N) is 1. The van der Waals surface area contributed by atoms with Crippen LogP contribution in [0.3, 0.4) is 0 Å². The molecule has 114 valence electrons. The van der Waals surface area contributed by atoms with Crippen LogP contribution in [0.2, 0.25) is 0 Å². The zero-order valence-electron chi connectivity index (χ0n) is 10.5. The minimum Gasteiger partial charge on any atom is -0.394 e. The maximum absolute atomic E-state index is 15.0. The number of aromatic amines is 1. The highest BCUT2D eigenvalue weighted by molar-refractivity contribution is 9.10. The molecule has 1 fully saturated rings. The van der Waals surface area contributed by atoms with Crippen molar-refractivity contribution in [3.05, 3.63) is 15.1 Å². The van der Waals surface area contributed by atoms with E-state index in [-0.39, 0.29) is 21.8 Å². The number of imidazole rings is 1. The van der Waals surface area contributed by atoms with Gasteiger partial charge in [0.2, 0.25) is 5.95 Å². The number of aromatic nitrogens is 4. The molecule has 0 aromatic carbocycles. The minimum absolute atomic E-state index is 0.0469. The second-order valence-electron chi connectivity index (χ2n) is 4.64. The molecule has 2 aromatic rings. The first kappa shape index (κ1) is 14.4. The van der Waals surface area contributed by atoms with Gasteiger partial charge in [0, 0.05) is 0 Å². The number of aliphatic hydroxyl groups excluding tert-OH is 2. The Labute approximate surface area is 124 Å². The number of ether oxygens (including phenoxy) is 1. The van der Waals surface area contributed by atoms with Crippen LogP contribution in [-0.2, 0) is 10.7 Å². The predicted octanol–water partition coefficient (Wildman–Crippen LogP) is -0.814. The monoisotopic (exact) mass is 363 g/mol. The lowest BCUT2D eigenvalue weighted by Crippen LogP contribution is -2.30. The summed E-state index contributed by atoms with van der Waals surface area (Å²) in [6.45, 7) is -0.548. The van der Waals surface area contributed by atoms with E-state index in [1.807, 2.05) is 0 Å². The first-order chi connectivity index (χ1) is 9.85. The van der Waals surface area contributed by atoms with Gasteiger partial charge in [0.25, 0.3) is 11.5 Å². The van der Waals surface area contributed by atoms with Crippen molar-refractivity contribution in [3.63, 3.8) is 0 Å². The van der Waals surface area contributed by atoms with Gasteiger partial charge in [-0.05, 0) is 15.9 Å². The number of nitrogens with one attached hydrogen (secondary N) is 1. The van der Waals surface area contributed by atoms with Crippen LogP contribution in [0.4, 0.5) is 10.3 Å². The van der Waals surface area contributed by atoms with Crippen LogP contribution in [0.5, 0.6) is 0 Å². The van der Waals surface area contributed by atoms with E-state index in [4.69, 9.17) is 15.6 Å². The van der Waals surface area contributed by atoms with E-state index < -0.39 is 36.8 Å². The molecule has 5 N–H and O–H groups in total. The van der Waals surface area contributed by atoms with E-state index in [0.29, 0.717) is 0 Å². The van der Waals surface area contributed by atoms with E-state index in [9.17, 15) is 9.90 Å². The maximum Gasteiger partial charge on any atom is 0.299 e. The Kier molecular flexibility index (Phi) is 3.24. The number of H-pyrrole nitrogens is 1. The maximum atomic E-state index is 15.0. The zero-order chi connectivity index (χ0) is 15.4. The molecule has 1 saturated heterocycles. The number of nitrogen functional groups attached to an aromatic ring is 1. The molecule has 0 aliphatic carbocycles. The van der Waals surface area contributed by atoms with E-state index in [1.54, 1.807) is 0 Å². The van der Waals surface area contributed by atoms with Gasteiger partial charge < -0.3 is 20.7 Å². The van der Waals surface area contributed by atoms with Gasteiger partial charge in [-0.15, -0.1) is 0 Å². The summed E-state index contributed by atoms with van der Waals surface area (Å²) in [5.74, 6) is -2.71. The van der Waals surface area contributed by atoms with Crippen molar-refractivity contribution in [1.82, 2.24) is 19.5 Å². The second-order valence-corrected chi connectivity index (χ2v) is 5.35. The normalized spacial score (nSPS) is 29.3. The van der Waals surface area contributed by atoms with Gasteiger partial charge in [-0.25, -0.2) is 9.55 Å². The molecule has 1 aliphatic rings. The number of alkyl halides is 1. The summed E-state index contributed by atoms with van der Waals surface area (Å²) in [6, 6.07) is 0. The van der Waals surface area contributed by atoms with E-state index in [2.05, 4.69) is 30.9 Å². The number of rotatable bonds is 2. The van der Waals surface area contributed by atoms with E-state index >= 15 is 4.39 Å². The van der Waals surface area contributed by atoms with Crippen molar-refractivity contribution in [3.8, 4) is 0 Å². The van der Waals surface area contributed by atoms with Crippen molar-refractivity contribution in [1.29, 1.82) is 0 Å². The standard InChI is InChI=1S/C10H11BrFN5O4/c11-8-14-5-6(15-9(13)16-7(5)20)17(8)10(12)1-3(19)4(2-18)21-10/h3-4,18-19H,1-2H2,(H3,13,15,16,20)/t3-,4+,10-/m0/s1. The fraction of sp³-hybridized carbons (Fsp3) is 0.500. The molecule has 3 rings (SSSR count). The number of hydrogen-bond donors (Lipinski definition) is 4. The Morgan fingerprint density at radius 1 is 1.62 bits per heavy atom. The average Bonchev–Trinajstić information content (AvgIpc) is 2.87. The van der Waals surface area contributed by atoms with Gasteiger partial charge in [-0.3, -0.25) is 9.78 Å². The highest BCUT2D eigenvalue weighted by atomic mass is 79.9. The Hall–Kier alpha value is -1.56. The van der Waals surface area contributed by atoms with Crippen LogP contribution < -0.4 is 11.3 Å². The molecule has 2 aromatic heterocycles. The van der Waals surface area contributed by atoms with Gasteiger partial charge in [0.15, 0.2) is 15.9 Å². The largest absolute Gasteiger partial charge is 0.394 e. The molecule has 0 radical (unpaired) electrons. The summed E-state index contributed by atoms with van der Waals surface area (Å²) >= 11 is 3.03. The van der Waals surface area contributed by atoms with Crippen LogP contribution in [0.1, 0.15) is 6.42 Å². The zero-order valence-corrected chi connectivity index (χ0v) is 12.0. The van der Waals surface area contributed by atoms with Gasteiger partial charge in [-0.2, -0.15) is 9.37 Å². The van der Waals surface area contributed by atoms with Gasteiger partial charge in [0.1, 0.15) is 6.10 Å². The fourth-order valence-electron chi connectivity index (χ4n) is 2.31. The summed E-state index contributed by atoms with van der Waals surface area (Å²) in [5, 5.41) is 18.8. The SMILES string of the molecule is Nc1nc2c(nc(Br)n2[C@@]2(F)C[C@H](O)[C@@H](CO)O2)c(=O)[nH]1. The molecule has 11 heteroatoms. The Bertz CT molecular complexity index is 764. The summed E-state index contributed by atoms with van der Waals surface area (Å²) in [4.78, 5) is 21.7. The third-order valence-corrected chi connectivity index (χ3v) is 3.76. The molecule has 3 atom stereocenters. The third kappa shape index (κ3) is 2.12. The number of aliphatic hydroxyl groups is 2. The van der Waals surface area contributed by atoms with Gasteiger partial charge in [-0.1, -0.05) is 0 Å². The topological polar surface area (TPSA) is 139 Å². The Balaban J connectivity index is 2.21. The number of nitrogens with zero attached hydrogens (tertiary/aromatic N) is 3. The Morgan fingerprint density at radius 3 is 2.95 bits per heavy atom. The first-order valence-corrected chi connectivity index (χ1v) is 6.75. The molecule has 0 spiro atoms. The van der Waals surface area contributed by atoms with Crippen LogP contribution in [0, 0.1) is 0 Å². The molecular weight excluding hydrogens is 353 g/mol. The number of hydrogen-bond acceptors (Lipinski definition) is 7. The van der Waals surface area contributed by atoms with Crippen molar-refractivity contribution in [2.24, 2.45) is 0 Å². The molecule has 0 bridgehead atoms. The fourth-order valence-corrected chi connectivity index (χ4v) is 2.92. The molecule has 21 heavy (non-hydrogen) atoms. The predicted molar refractivity (Wildman–Crippen MR) is 71.9 cm³/mol. The third-order valence-electron chi connectivity index (χ3n) is 3.23. The molecule has 1 aliphatic heterocycles. The summed E-state index contributed by atoms with van der Waals surface area (Å²) < 4.78 is 20.9. The molecule has 0 amide bonds. The molecule has 9 nitrogen and oxygen atoms in total. The van der Waals surface area contributed by atoms with Crippen LogP contribution in [-0.4, -0.2) is 48.5 Å².